The third-order valence-corrected chi connectivity index (χ3v) is 12.2. The first-order valence-electron chi connectivity index (χ1n) is 15.1. The summed E-state index contributed by atoms with van der Waals surface area (Å²) in [5.41, 5.74) is 2.69. The number of sulfonamides is 1. The van der Waals surface area contributed by atoms with Gasteiger partial charge < -0.3 is 14.9 Å². The highest BCUT2D eigenvalue weighted by atomic mass is 32.2. The van der Waals surface area contributed by atoms with E-state index in [4.69, 9.17) is 0 Å². The van der Waals surface area contributed by atoms with Crippen LogP contribution in [-0.2, 0) is 10.0 Å². The monoisotopic (exact) mass is 620 g/mol. The van der Waals surface area contributed by atoms with Crippen LogP contribution >= 0.6 is 11.3 Å². The largest absolute Gasteiger partial charge is 0.506 e. The van der Waals surface area contributed by atoms with Crippen molar-refractivity contribution in [2.45, 2.75) is 38.5 Å². The number of anilines is 1. The lowest BCUT2D eigenvalue weighted by molar-refractivity contribution is -0.0391. The summed E-state index contributed by atoms with van der Waals surface area (Å²) in [6.45, 7) is 2.41. The van der Waals surface area contributed by atoms with Gasteiger partial charge in [0.05, 0.1) is 16.8 Å². The Bertz CT molecular complexity index is 1610. The molecule has 11 heteroatoms. The van der Waals surface area contributed by atoms with E-state index in [0.29, 0.717) is 54.4 Å². The predicted octanol–water partition coefficient (Wildman–Crippen LogP) is 4.75. The number of aromatic nitrogens is 1. The first kappa shape index (κ1) is 28.3. The number of benzene rings is 1. The fourth-order valence-corrected chi connectivity index (χ4v) is 11.0. The minimum absolute atomic E-state index is 0.0224. The van der Waals surface area contributed by atoms with Gasteiger partial charge >= 0.3 is 0 Å². The maximum atomic E-state index is 13.1. The lowest BCUT2D eigenvalue weighted by atomic mass is 9.50. The molecule has 8 rings (SSSR count). The molecule has 0 unspecified atom stereocenters. The molecule has 0 radical (unpaired) electrons. The van der Waals surface area contributed by atoms with E-state index < -0.39 is 15.9 Å². The van der Waals surface area contributed by atoms with Gasteiger partial charge in [-0.1, -0.05) is 0 Å². The highest BCUT2D eigenvalue weighted by Gasteiger charge is 2.52. The second-order valence-corrected chi connectivity index (χ2v) is 15.7. The van der Waals surface area contributed by atoms with Gasteiger partial charge in [0.15, 0.2) is 0 Å². The van der Waals surface area contributed by atoms with Gasteiger partial charge in [-0.15, -0.1) is 11.3 Å². The molecule has 0 spiro atoms. The molecule has 43 heavy (non-hydrogen) atoms. The fraction of sp³-hybridized carbons (Fsp3) is 0.469. The normalized spacial score (nSPS) is 26.5. The summed E-state index contributed by atoms with van der Waals surface area (Å²) < 4.78 is 28.6. The summed E-state index contributed by atoms with van der Waals surface area (Å²) in [6.07, 6.45) is 9.71. The number of hydrogen-bond donors (Lipinski definition) is 2. The van der Waals surface area contributed by atoms with Crippen LogP contribution in [0.5, 0.6) is 5.75 Å². The molecule has 1 aliphatic heterocycles. The molecule has 1 aromatic carbocycles. The molecule has 1 saturated heterocycles. The Morgan fingerprint density at radius 3 is 2.21 bits per heavy atom. The molecule has 2 amide bonds. The third-order valence-electron chi connectivity index (χ3n) is 9.84. The summed E-state index contributed by atoms with van der Waals surface area (Å²) in [5.74, 6) is 1.50. The van der Waals surface area contributed by atoms with E-state index in [1.165, 1.54) is 36.8 Å². The molecular formula is C32H36N4O5S2. The van der Waals surface area contributed by atoms with Crippen molar-refractivity contribution in [2.75, 3.05) is 36.8 Å². The smallest absolute Gasteiger partial charge is 0.264 e. The van der Waals surface area contributed by atoms with E-state index in [2.05, 4.69) is 14.6 Å². The molecule has 4 aliphatic carbocycles. The van der Waals surface area contributed by atoms with E-state index in [-0.39, 0.29) is 22.8 Å². The van der Waals surface area contributed by atoms with Gasteiger partial charge in [-0.2, -0.15) is 0 Å². The minimum Gasteiger partial charge on any atom is -0.506 e. The number of carbonyl (C=O) groups excluding carboxylic acids is 2. The molecule has 5 aliphatic rings. The number of aromatic hydroxyl groups is 1. The average Bonchev–Trinajstić information content (AvgIpc) is 3.46. The highest BCUT2D eigenvalue weighted by Crippen LogP contribution is 2.60. The molecule has 226 valence electrons. The summed E-state index contributed by atoms with van der Waals surface area (Å²) >= 11 is 1.38. The Morgan fingerprint density at radius 2 is 1.58 bits per heavy atom. The SMILES string of the molecule is O=C(NS(=O)(=O)CC12CC3CC(CC(C3)C1)C2)c1ccc(N2CCN(C(=O)c3cc(-c4cncc(O)c4)cs3)CC2)cc1. The number of nitrogens with zero attached hydrogens (tertiary/aromatic N) is 3. The quantitative estimate of drug-likeness (QED) is 0.391. The Balaban J connectivity index is 0.929. The predicted molar refractivity (Wildman–Crippen MR) is 166 cm³/mol. The van der Waals surface area contributed by atoms with Crippen LogP contribution in [0.2, 0.25) is 0 Å². The van der Waals surface area contributed by atoms with Crippen molar-refractivity contribution in [3.05, 3.63) is 64.6 Å². The Hall–Kier alpha value is -3.44. The van der Waals surface area contributed by atoms with E-state index in [1.807, 2.05) is 28.5 Å². The first-order valence-corrected chi connectivity index (χ1v) is 17.6. The van der Waals surface area contributed by atoms with Crippen LogP contribution in [0.4, 0.5) is 5.69 Å². The van der Waals surface area contributed by atoms with Crippen LogP contribution in [0.1, 0.15) is 58.6 Å². The Kier molecular flexibility index (Phi) is 7.20. The molecule has 5 fully saturated rings. The second-order valence-electron chi connectivity index (χ2n) is 13.1. The van der Waals surface area contributed by atoms with Gasteiger partial charge in [-0.05, 0) is 109 Å². The number of thiophene rings is 1. The molecule has 0 atom stereocenters. The average molecular weight is 621 g/mol. The number of hydrogen-bond acceptors (Lipinski definition) is 8. The maximum absolute atomic E-state index is 13.1. The Labute approximate surface area is 256 Å². The van der Waals surface area contributed by atoms with Crippen LogP contribution in [0.15, 0.2) is 54.2 Å². The molecule has 2 N–H and O–H groups in total. The molecule has 4 saturated carbocycles. The lowest BCUT2D eigenvalue weighted by Gasteiger charge is -2.56. The molecule has 3 heterocycles. The van der Waals surface area contributed by atoms with Crippen LogP contribution in [0, 0.1) is 23.2 Å². The van der Waals surface area contributed by atoms with Crippen LogP contribution in [0.3, 0.4) is 0 Å². The second kappa shape index (κ2) is 10.9. The van der Waals surface area contributed by atoms with Gasteiger partial charge in [0.2, 0.25) is 10.0 Å². The molecular weight excluding hydrogens is 585 g/mol. The van der Waals surface area contributed by atoms with Crippen LogP contribution < -0.4 is 9.62 Å². The maximum Gasteiger partial charge on any atom is 0.264 e. The number of carbonyl (C=O) groups is 2. The van der Waals surface area contributed by atoms with Crippen molar-refractivity contribution in [2.24, 2.45) is 23.2 Å². The number of nitrogens with one attached hydrogen (secondary N) is 1. The highest BCUT2D eigenvalue weighted by molar-refractivity contribution is 7.90. The summed E-state index contributed by atoms with van der Waals surface area (Å²) in [5, 5.41) is 11.6. The van der Waals surface area contributed by atoms with Crippen molar-refractivity contribution >= 4 is 38.9 Å². The van der Waals surface area contributed by atoms with Gasteiger partial charge in [-0.3, -0.25) is 14.6 Å². The van der Waals surface area contributed by atoms with Crippen molar-refractivity contribution in [3.8, 4) is 16.9 Å². The van der Waals surface area contributed by atoms with E-state index >= 15 is 0 Å². The zero-order valence-electron chi connectivity index (χ0n) is 23.9. The molecule has 9 nitrogen and oxygen atoms in total. The van der Waals surface area contributed by atoms with Crippen LogP contribution in [0.25, 0.3) is 11.1 Å². The van der Waals surface area contributed by atoms with Gasteiger partial charge in [-0.25, -0.2) is 13.1 Å². The van der Waals surface area contributed by atoms with E-state index in [1.54, 1.807) is 24.4 Å². The van der Waals surface area contributed by atoms with Crippen molar-refractivity contribution < 1.29 is 23.1 Å². The number of rotatable bonds is 7. The topological polar surface area (TPSA) is 120 Å². The molecule has 2 aromatic heterocycles. The third kappa shape index (κ3) is 5.89. The van der Waals surface area contributed by atoms with Crippen molar-refractivity contribution in [1.82, 2.24) is 14.6 Å². The summed E-state index contributed by atoms with van der Waals surface area (Å²) in [4.78, 5) is 34.7. The zero-order valence-corrected chi connectivity index (χ0v) is 25.6. The van der Waals surface area contributed by atoms with E-state index in [9.17, 15) is 23.1 Å². The fourth-order valence-electron chi connectivity index (χ4n) is 8.44. The lowest BCUT2D eigenvalue weighted by Crippen LogP contribution is -2.51. The Morgan fingerprint density at radius 1 is 0.930 bits per heavy atom. The summed E-state index contributed by atoms with van der Waals surface area (Å²) in [7, 11) is -3.74. The molecule has 4 bridgehead atoms. The number of pyridine rings is 1. The van der Waals surface area contributed by atoms with Crippen molar-refractivity contribution in [3.63, 3.8) is 0 Å². The zero-order chi connectivity index (χ0) is 29.8. The molecule has 3 aromatic rings. The number of piperazine rings is 1. The first-order chi connectivity index (χ1) is 20.6. The van der Waals surface area contributed by atoms with Crippen LogP contribution in [-0.4, -0.2) is 67.2 Å². The van der Waals surface area contributed by atoms with Gasteiger partial charge in [0.25, 0.3) is 11.8 Å². The van der Waals surface area contributed by atoms with Gasteiger partial charge in [0.1, 0.15) is 5.75 Å². The standard InChI is InChI=1S/C32H36N4O5S2/c37-28-12-25(17-33-18-28)26-13-29(42-19-26)31(39)36-7-5-35(6-8-36)27-3-1-24(2-4-27)30(38)34-43(40,41)20-32-14-21-9-22(15-32)11-23(10-21)16-32/h1-4,12-13,17-19,21-23,37H,5-11,14-16,20H2,(H,34,38). The van der Waals surface area contributed by atoms with Crippen molar-refractivity contribution in [1.29, 1.82) is 0 Å². The number of amides is 2. The summed E-state index contributed by atoms with van der Waals surface area (Å²) in [6, 6.07) is 10.5. The van der Waals surface area contributed by atoms with E-state index in [0.717, 1.165) is 36.1 Å². The van der Waals surface area contributed by atoms with Gasteiger partial charge in [0, 0.05) is 49.2 Å². The minimum atomic E-state index is -3.74.